The number of ether oxygens (including phenoxy) is 1. The second-order valence-electron chi connectivity index (χ2n) is 3.70. The van der Waals surface area contributed by atoms with Crippen LogP contribution < -0.4 is 10.5 Å². The molecule has 2 aromatic rings. The molecule has 0 fully saturated rings. The molecule has 0 saturated carbocycles. The van der Waals surface area contributed by atoms with Crippen LogP contribution in [0.2, 0.25) is 0 Å². The van der Waals surface area contributed by atoms with Gasteiger partial charge in [0.1, 0.15) is 11.3 Å². The van der Waals surface area contributed by atoms with Gasteiger partial charge < -0.3 is 10.5 Å². The van der Waals surface area contributed by atoms with Gasteiger partial charge in [0.15, 0.2) is 0 Å². The molecule has 1 aromatic carbocycles. The van der Waals surface area contributed by atoms with Gasteiger partial charge >= 0.3 is 0 Å². The Morgan fingerprint density at radius 3 is 2.72 bits per heavy atom. The van der Waals surface area contributed by atoms with E-state index >= 15 is 0 Å². The van der Waals surface area contributed by atoms with E-state index in [-0.39, 0.29) is 5.88 Å². The number of pyridine rings is 1. The summed E-state index contributed by atoms with van der Waals surface area (Å²) >= 11 is 2.16. The highest BCUT2D eigenvalue weighted by Crippen LogP contribution is 2.28. The number of benzene rings is 1. The number of carbonyl (C=O) groups excluding carboxylic acids is 1. The number of aryl methyl sites for hydroxylation is 1. The predicted molar refractivity (Wildman–Crippen MR) is 76.7 cm³/mol. The topological polar surface area (TPSA) is 65.2 Å². The lowest BCUT2D eigenvalue weighted by Crippen LogP contribution is -2.14. The second-order valence-corrected chi connectivity index (χ2v) is 4.87. The van der Waals surface area contributed by atoms with Crippen LogP contribution in [0.5, 0.6) is 11.6 Å². The van der Waals surface area contributed by atoms with Crippen LogP contribution in [0, 0.1) is 10.5 Å². The molecular formula is C13H11IN2O2. The van der Waals surface area contributed by atoms with Crippen LogP contribution in [0.4, 0.5) is 0 Å². The van der Waals surface area contributed by atoms with Gasteiger partial charge in [-0.2, -0.15) is 0 Å². The van der Waals surface area contributed by atoms with Gasteiger partial charge in [-0.05, 0) is 53.3 Å². The number of amides is 1. The number of para-hydroxylation sites is 1. The first-order chi connectivity index (χ1) is 8.59. The molecule has 0 aliphatic carbocycles. The predicted octanol–water partition coefficient (Wildman–Crippen LogP) is 2.89. The SMILES string of the molecule is Cc1ccnc(Oc2ccccc2I)c1C(N)=O. The van der Waals surface area contributed by atoms with Crippen LogP contribution in [0.15, 0.2) is 36.5 Å². The molecule has 92 valence electrons. The minimum absolute atomic E-state index is 0.242. The lowest BCUT2D eigenvalue weighted by molar-refractivity contribution is 0.0997. The van der Waals surface area contributed by atoms with E-state index in [4.69, 9.17) is 10.5 Å². The molecule has 0 atom stereocenters. The van der Waals surface area contributed by atoms with Gasteiger partial charge in [0.2, 0.25) is 5.88 Å². The first-order valence-corrected chi connectivity index (χ1v) is 6.35. The third-order valence-electron chi connectivity index (χ3n) is 2.41. The number of hydrogen-bond acceptors (Lipinski definition) is 3. The van der Waals surface area contributed by atoms with Gasteiger partial charge in [0, 0.05) is 6.20 Å². The molecule has 0 unspecified atom stereocenters. The Morgan fingerprint density at radius 1 is 1.33 bits per heavy atom. The number of hydrogen-bond donors (Lipinski definition) is 1. The molecular weight excluding hydrogens is 343 g/mol. The Hall–Kier alpha value is -1.63. The molecule has 2 rings (SSSR count). The maximum absolute atomic E-state index is 11.4. The molecule has 5 heteroatoms. The highest BCUT2D eigenvalue weighted by atomic mass is 127. The molecule has 4 nitrogen and oxygen atoms in total. The number of halogens is 1. The minimum atomic E-state index is -0.540. The van der Waals surface area contributed by atoms with Crippen LogP contribution in [0.3, 0.4) is 0 Å². The van der Waals surface area contributed by atoms with E-state index in [2.05, 4.69) is 27.6 Å². The van der Waals surface area contributed by atoms with E-state index in [1.54, 1.807) is 19.2 Å². The zero-order valence-electron chi connectivity index (χ0n) is 9.68. The van der Waals surface area contributed by atoms with Crippen LogP contribution in [-0.4, -0.2) is 10.9 Å². The molecule has 0 spiro atoms. The van der Waals surface area contributed by atoms with Gasteiger partial charge in [-0.1, -0.05) is 12.1 Å². The summed E-state index contributed by atoms with van der Waals surface area (Å²) < 4.78 is 6.60. The van der Waals surface area contributed by atoms with Crippen molar-refractivity contribution in [3.63, 3.8) is 0 Å². The van der Waals surface area contributed by atoms with E-state index < -0.39 is 5.91 Å². The molecule has 0 radical (unpaired) electrons. The third kappa shape index (κ3) is 2.61. The van der Waals surface area contributed by atoms with Gasteiger partial charge in [-0.25, -0.2) is 4.98 Å². The third-order valence-corrected chi connectivity index (χ3v) is 3.31. The Bertz CT molecular complexity index is 599. The highest BCUT2D eigenvalue weighted by Gasteiger charge is 2.15. The normalized spacial score (nSPS) is 10.1. The summed E-state index contributed by atoms with van der Waals surface area (Å²) in [7, 11) is 0. The fourth-order valence-corrected chi connectivity index (χ4v) is 2.04. The van der Waals surface area contributed by atoms with Crippen LogP contribution in [-0.2, 0) is 0 Å². The first-order valence-electron chi connectivity index (χ1n) is 5.27. The standard InChI is InChI=1S/C13H11IN2O2/c1-8-6-7-16-13(11(8)12(15)17)18-10-5-3-2-4-9(10)14/h2-7H,1H3,(H2,15,17). The lowest BCUT2D eigenvalue weighted by atomic mass is 10.1. The van der Waals surface area contributed by atoms with Crippen molar-refractivity contribution in [3.8, 4) is 11.6 Å². The number of primary amides is 1. The highest BCUT2D eigenvalue weighted by molar-refractivity contribution is 14.1. The first kappa shape index (κ1) is 12.8. The summed E-state index contributed by atoms with van der Waals surface area (Å²) in [6, 6.07) is 9.22. The van der Waals surface area contributed by atoms with Crippen molar-refractivity contribution in [1.29, 1.82) is 0 Å². The van der Waals surface area contributed by atoms with Crippen molar-refractivity contribution >= 4 is 28.5 Å². The fourth-order valence-electron chi connectivity index (χ4n) is 1.54. The molecule has 18 heavy (non-hydrogen) atoms. The summed E-state index contributed by atoms with van der Waals surface area (Å²) in [4.78, 5) is 15.5. The maximum Gasteiger partial charge on any atom is 0.254 e. The monoisotopic (exact) mass is 354 g/mol. The average Bonchev–Trinajstić information content (AvgIpc) is 2.31. The number of carbonyl (C=O) groups is 1. The molecule has 0 aliphatic heterocycles. The van der Waals surface area contributed by atoms with Crippen molar-refractivity contribution < 1.29 is 9.53 Å². The fraction of sp³-hybridized carbons (Fsp3) is 0.0769. The Balaban J connectivity index is 2.44. The van der Waals surface area contributed by atoms with E-state index in [1.165, 1.54) is 0 Å². The van der Waals surface area contributed by atoms with E-state index in [9.17, 15) is 4.79 Å². The van der Waals surface area contributed by atoms with Crippen LogP contribution >= 0.6 is 22.6 Å². The van der Waals surface area contributed by atoms with Crippen molar-refractivity contribution in [2.24, 2.45) is 5.73 Å². The quantitative estimate of drug-likeness (QED) is 0.862. The molecule has 0 aliphatic rings. The summed E-state index contributed by atoms with van der Waals surface area (Å²) in [6.45, 7) is 1.80. The number of rotatable bonds is 3. The van der Waals surface area contributed by atoms with E-state index in [1.807, 2.05) is 24.3 Å². The lowest BCUT2D eigenvalue weighted by Gasteiger charge is -2.10. The average molecular weight is 354 g/mol. The van der Waals surface area contributed by atoms with E-state index in [0.717, 1.165) is 9.13 Å². The molecule has 0 saturated heterocycles. The van der Waals surface area contributed by atoms with Crippen molar-refractivity contribution in [3.05, 3.63) is 51.2 Å². The molecule has 0 bridgehead atoms. The zero-order chi connectivity index (χ0) is 13.1. The van der Waals surface area contributed by atoms with Crippen molar-refractivity contribution in [1.82, 2.24) is 4.98 Å². The van der Waals surface area contributed by atoms with Crippen molar-refractivity contribution in [2.75, 3.05) is 0 Å². The zero-order valence-corrected chi connectivity index (χ0v) is 11.8. The smallest absolute Gasteiger partial charge is 0.254 e. The van der Waals surface area contributed by atoms with Crippen molar-refractivity contribution in [2.45, 2.75) is 6.92 Å². The Morgan fingerprint density at radius 2 is 2.06 bits per heavy atom. The maximum atomic E-state index is 11.4. The van der Waals surface area contributed by atoms with Gasteiger partial charge in [-0.3, -0.25) is 4.79 Å². The number of nitrogens with two attached hydrogens (primary N) is 1. The van der Waals surface area contributed by atoms with Gasteiger partial charge in [0.05, 0.1) is 3.57 Å². The molecule has 1 aromatic heterocycles. The summed E-state index contributed by atoms with van der Waals surface area (Å²) in [5, 5.41) is 0. The molecule has 1 amide bonds. The summed E-state index contributed by atoms with van der Waals surface area (Å²) in [5.41, 5.74) is 6.41. The van der Waals surface area contributed by atoms with Crippen LogP contribution in [0.1, 0.15) is 15.9 Å². The largest absolute Gasteiger partial charge is 0.437 e. The number of nitrogens with zero attached hydrogens (tertiary/aromatic N) is 1. The molecule has 2 N–H and O–H groups in total. The van der Waals surface area contributed by atoms with Gasteiger partial charge in [0.25, 0.3) is 5.91 Å². The minimum Gasteiger partial charge on any atom is -0.437 e. The summed E-state index contributed by atoms with van der Waals surface area (Å²) in [6.07, 6.45) is 1.59. The number of aromatic nitrogens is 1. The Kier molecular flexibility index (Phi) is 3.81. The second kappa shape index (κ2) is 5.34. The van der Waals surface area contributed by atoms with Crippen LogP contribution in [0.25, 0.3) is 0 Å². The Labute approximate surface area is 118 Å². The molecule has 1 heterocycles. The van der Waals surface area contributed by atoms with Gasteiger partial charge in [-0.15, -0.1) is 0 Å². The van der Waals surface area contributed by atoms with E-state index in [0.29, 0.717) is 11.3 Å². The summed E-state index contributed by atoms with van der Waals surface area (Å²) in [5.74, 6) is 0.354.